The molecular formula is C15H15N3O2. The average Bonchev–Trinajstić information content (AvgIpc) is 2.47. The lowest BCUT2D eigenvalue weighted by Gasteiger charge is -2.28. The van der Waals surface area contributed by atoms with E-state index in [-0.39, 0.29) is 11.7 Å². The van der Waals surface area contributed by atoms with Crippen LogP contribution in [-0.4, -0.2) is 11.5 Å². The Morgan fingerprint density at radius 2 is 2.00 bits per heavy atom. The topological polar surface area (TPSA) is 81.2 Å². The summed E-state index contributed by atoms with van der Waals surface area (Å²) in [7, 11) is 0. The summed E-state index contributed by atoms with van der Waals surface area (Å²) in [5.41, 5.74) is 9.84. The van der Waals surface area contributed by atoms with Crippen molar-refractivity contribution in [2.45, 2.75) is 12.5 Å². The second-order valence-electron chi connectivity index (χ2n) is 4.91. The molecule has 1 aliphatic heterocycles. The van der Waals surface area contributed by atoms with Crippen LogP contribution in [0.15, 0.2) is 42.5 Å². The van der Waals surface area contributed by atoms with E-state index in [0.29, 0.717) is 5.69 Å². The minimum Gasteiger partial charge on any atom is -0.398 e. The number of nitrogens with two attached hydrogens (primary N) is 1. The summed E-state index contributed by atoms with van der Waals surface area (Å²) in [4.78, 5) is 10.5. The number of nitrogens with zero attached hydrogens (tertiary/aromatic N) is 1. The SMILES string of the molecule is Nc1ccc([N+](=O)[O-])cc1[C@@H]1NCCc2ccccc21. The molecule has 0 radical (unpaired) electrons. The Kier molecular flexibility index (Phi) is 3.12. The molecule has 3 N–H and O–H groups in total. The zero-order valence-corrected chi connectivity index (χ0v) is 10.9. The van der Waals surface area contributed by atoms with Crippen LogP contribution >= 0.6 is 0 Å². The van der Waals surface area contributed by atoms with Crippen LogP contribution in [0, 0.1) is 10.1 Å². The van der Waals surface area contributed by atoms with Crippen LogP contribution in [0.4, 0.5) is 11.4 Å². The van der Waals surface area contributed by atoms with Gasteiger partial charge in [-0.15, -0.1) is 0 Å². The van der Waals surface area contributed by atoms with E-state index in [1.165, 1.54) is 11.6 Å². The number of hydrogen-bond acceptors (Lipinski definition) is 4. The van der Waals surface area contributed by atoms with Crippen molar-refractivity contribution in [3.8, 4) is 0 Å². The molecule has 2 aromatic carbocycles. The van der Waals surface area contributed by atoms with Crippen molar-refractivity contribution in [2.24, 2.45) is 0 Å². The Morgan fingerprint density at radius 3 is 2.80 bits per heavy atom. The van der Waals surface area contributed by atoms with E-state index >= 15 is 0 Å². The highest BCUT2D eigenvalue weighted by Crippen LogP contribution is 2.33. The third kappa shape index (κ3) is 2.12. The molecule has 20 heavy (non-hydrogen) atoms. The molecule has 5 heteroatoms. The number of hydrogen-bond donors (Lipinski definition) is 2. The number of nitro groups is 1. The highest BCUT2D eigenvalue weighted by atomic mass is 16.6. The van der Waals surface area contributed by atoms with Crippen LogP contribution in [0.25, 0.3) is 0 Å². The standard InChI is InChI=1S/C15H15N3O2/c16-14-6-5-11(18(19)20)9-13(14)15-12-4-2-1-3-10(12)7-8-17-15/h1-6,9,15,17H,7-8,16H2/t15-/m1/s1. The Labute approximate surface area is 116 Å². The predicted molar refractivity (Wildman–Crippen MR) is 77.5 cm³/mol. The summed E-state index contributed by atoms with van der Waals surface area (Å²) in [6, 6.07) is 12.7. The van der Waals surface area contributed by atoms with Gasteiger partial charge in [0.2, 0.25) is 0 Å². The number of rotatable bonds is 2. The van der Waals surface area contributed by atoms with Crippen LogP contribution in [0.3, 0.4) is 0 Å². The van der Waals surface area contributed by atoms with Crippen molar-refractivity contribution in [2.75, 3.05) is 12.3 Å². The van der Waals surface area contributed by atoms with Gasteiger partial charge in [0.1, 0.15) is 0 Å². The molecule has 2 aromatic rings. The Morgan fingerprint density at radius 1 is 1.20 bits per heavy atom. The number of nitrogen functional groups attached to an aromatic ring is 1. The quantitative estimate of drug-likeness (QED) is 0.498. The molecule has 5 nitrogen and oxygen atoms in total. The molecule has 0 saturated carbocycles. The maximum absolute atomic E-state index is 10.9. The first-order chi connectivity index (χ1) is 9.66. The fourth-order valence-corrected chi connectivity index (χ4v) is 2.71. The first-order valence-corrected chi connectivity index (χ1v) is 6.52. The van der Waals surface area contributed by atoms with Gasteiger partial charge in [0.15, 0.2) is 0 Å². The average molecular weight is 269 g/mol. The first-order valence-electron chi connectivity index (χ1n) is 6.52. The zero-order valence-electron chi connectivity index (χ0n) is 10.9. The summed E-state index contributed by atoms with van der Waals surface area (Å²) in [5, 5.41) is 14.3. The summed E-state index contributed by atoms with van der Waals surface area (Å²) in [6.07, 6.45) is 0.960. The smallest absolute Gasteiger partial charge is 0.269 e. The van der Waals surface area contributed by atoms with Gasteiger partial charge in [-0.1, -0.05) is 24.3 Å². The van der Waals surface area contributed by atoms with E-state index < -0.39 is 4.92 Å². The van der Waals surface area contributed by atoms with Crippen LogP contribution in [0.1, 0.15) is 22.7 Å². The van der Waals surface area contributed by atoms with Gasteiger partial charge in [-0.25, -0.2) is 0 Å². The third-order valence-corrected chi connectivity index (χ3v) is 3.70. The van der Waals surface area contributed by atoms with Gasteiger partial charge in [0, 0.05) is 29.9 Å². The molecule has 0 amide bonds. The van der Waals surface area contributed by atoms with Gasteiger partial charge in [0.25, 0.3) is 5.69 Å². The lowest BCUT2D eigenvalue weighted by Crippen LogP contribution is -2.31. The van der Waals surface area contributed by atoms with E-state index in [2.05, 4.69) is 11.4 Å². The summed E-state index contributed by atoms with van der Waals surface area (Å²) in [5.74, 6) is 0. The van der Waals surface area contributed by atoms with Crippen molar-refractivity contribution < 1.29 is 4.92 Å². The molecule has 0 fully saturated rings. The largest absolute Gasteiger partial charge is 0.398 e. The van der Waals surface area contributed by atoms with Crippen molar-refractivity contribution in [3.05, 3.63) is 69.3 Å². The van der Waals surface area contributed by atoms with E-state index in [0.717, 1.165) is 24.1 Å². The molecule has 1 aliphatic rings. The second-order valence-corrected chi connectivity index (χ2v) is 4.91. The molecule has 102 valence electrons. The number of nitrogens with one attached hydrogen (secondary N) is 1. The Balaban J connectivity index is 2.10. The highest BCUT2D eigenvalue weighted by molar-refractivity contribution is 5.57. The number of fused-ring (bicyclic) bond motifs is 1. The van der Waals surface area contributed by atoms with Gasteiger partial charge < -0.3 is 11.1 Å². The minimum absolute atomic E-state index is 0.0686. The number of nitro benzene ring substituents is 1. The second kappa shape index (κ2) is 4.94. The van der Waals surface area contributed by atoms with Crippen LogP contribution in [-0.2, 0) is 6.42 Å². The summed E-state index contributed by atoms with van der Waals surface area (Å²) >= 11 is 0. The number of non-ortho nitro benzene ring substituents is 1. The maximum Gasteiger partial charge on any atom is 0.269 e. The Hall–Kier alpha value is -2.40. The molecule has 0 unspecified atom stereocenters. The molecule has 0 bridgehead atoms. The fourth-order valence-electron chi connectivity index (χ4n) is 2.71. The normalized spacial score (nSPS) is 17.5. The van der Waals surface area contributed by atoms with E-state index in [1.54, 1.807) is 12.1 Å². The Bertz CT molecular complexity index is 670. The van der Waals surface area contributed by atoms with Gasteiger partial charge in [0.05, 0.1) is 11.0 Å². The minimum atomic E-state index is -0.391. The molecule has 0 aromatic heterocycles. The maximum atomic E-state index is 10.9. The fraction of sp³-hybridized carbons (Fsp3) is 0.200. The van der Waals surface area contributed by atoms with E-state index in [9.17, 15) is 10.1 Å². The van der Waals surface area contributed by atoms with Crippen LogP contribution in [0.2, 0.25) is 0 Å². The summed E-state index contributed by atoms with van der Waals surface area (Å²) in [6.45, 7) is 0.837. The molecule has 0 saturated heterocycles. The van der Waals surface area contributed by atoms with Crippen molar-refractivity contribution in [1.29, 1.82) is 0 Å². The molecule has 1 heterocycles. The van der Waals surface area contributed by atoms with E-state index in [1.807, 2.05) is 18.2 Å². The lowest BCUT2D eigenvalue weighted by molar-refractivity contribution is -0.384. The third-order valence-electron chi connectivity index (χ3n) is 3.70. The van der Waals surface area contributed by atoms with Gasteiger partial charge in [-0.05, 0) is 23.6 Å². The van der Waals surface area contributed by atoms with Gasteiger partial charge >= 0.3 is 0 Å². The highest BCUT2D eigenvalue weighted by Gasteiger charge is 2.24. The molecular weight excluding hydrogens is 254 g/mol. The molecule has 1 atom stereocenters. The predicted octanol–water partition coefficient (Wildman–Crippen LogP) is 2.41. The van der Waals surface area contributed by atoms with Crippen molar-refractivity contribution in [3.63, 3.8) is 0 Å². The number of benzene rings is 2. The first kappa shape index (κ1) is 12.6. The zero-order chi connectivity index (χ0) is 14.1. The molecule has 0 aliphatic carbocycles. The van der Waals surface area contributed by atoms with Crippen LogP contribution < -0.4 is 11.1 Å². The number of anilines is 1. The van der Waals surface area contributed by atoms with Crippen molar-refractivity contribution >= 4 is 11.4 Å². The van der Waals surface area contributed by atoms with Crippen LogP contribution in [0.5, 0.6) is 0 Å². The monoisotopic (exact) mass is 269 g/mol. The van der Waals surface area contributed by atoms with E-state index in [4.69, 9.17) is 5.73 Å². The lowest BCUT2D eigenvalue weighted by atomic mass is 9.89. The molecule has 0 spiro atoms. The molecule has 3 rings (SSSR count). The van der Waals surface area contributed by atoms with Gasteiger partial charge in [-0.3, -0.25) is 10.1 Å². The van der Waals surface area contributed by atoms with Crippen molar-refractivity contribution in [1.82, 2.24) is 5.32 Å². The summed E-state index contributed by atoms with van der Waals surface area (Å²) < 4.78 is 0. The van der Waals surface area contributed by atoms with Gasteiger partial charge in [-0.2, -0.15) is 0 Å².